The van der Waals surface area contributed by atoms with Gasteiger partial charge in [0.15, 0.2) is 0 Å². The molecule has 1 N–H and O–H groups in total. The van der Waals surface area contributed by atoms with Crippen LogP contribution in [0.3, 0.4) is 0 Å². The Bertz CT molecular complexity index is 339. The molecule has 0 heterocycles. The van der Waals surface area contributed by atoms with E-state index < -0.39 is 0 Å². The molecular weight excluding hydrogens is 232 g/mol. The van der Waals surface area contributed by atoms with Crippen molar-refractivity contribution in [2.24, 2.45) is 5.92 Å². The van der Waals surface area contributed by atoms with Crippen molar-refractivity contribution in [3.8, 4) is 0 Å². The fraction of sp³-hybridized carbons (Fsp3) is 0.647. The van der Waals surface area contributed by atoms with Gasteiger partial charge in [-0.15, -0.1) is 0 Å². The van der Waals surface area contributed by atoms with Crippen molar-refractivity contribution in [2.75, 3.05) is 18.0 Å². The molecule has 0 amide bonds. The highest BCUT2D eigenvalue weighted by molar-refractivity contribution is 5.47. The average molecular weight is 262 g/mol. The third-order valence-electron chi connectivity index (χ3n) is 3.54. The molecule has 1 unspecified atom stereocenters. The molecule has 2 heteroatoms. The van der Waals surface area contributed by atoms with E-state index in [0.29, 0.717) is 6.04 Å². The van der Waals surface area contributed by atoms with Crippen LogP contribution >= 0.6 is 0 Å². The van der Waals surface area contributed by atoms with Crippen LogP contribution in [0, 0.1) is 5.92 Å². The van der Waals surface area contributed by atoms with Gasteiger partial charge in [-0.1, -0.05) is 26.0 Å². The molecule has 2 nitrogen and oxygen atoms in total. The Kier molecular flexibility index (Phi) is 6.93. The van der Waals surface area contributed by atoms with Gasteiger partial charge in [0.2, 0.25) is 0 Å². The first kappa shape index (κ1) is 16.0. The van der Waals surface area contributed by atoms with E-state index in [1.54, 1.807) is 0 Å². The summed E-state index contributed by atoms with van der Waals surface area (Å²) in [5, 5.41) is 3.59. The molecule has 0 saturated heterocycles. The van der Waals surface area contributed by atoms with Crippen molar-refractivity contribution in [1.29, 1.82) is 0 Å². The molecule has 1 aromatic carbocycles. The standard InChI is InChI=1S/C17H30N2/c1-6-19(7-2)17-10-8-16(9-11-17)13-18-15(5)12-14(3)4/h8-11,14-15,18H,6-7,12-13H2,1-5H3. The minimum Gasteiger partial charge on any atom is -0.372 e. The van der Waals surface area contributed by atoms with Gasteiger partial charge in [-0.3, -0.25) is 0 Å². The predicted octanol–water partition coefficient (Wildman–Crippen LogP) is 4.06. The topological polar surface area (TPSA) is 15.3 Å². The summed E-state index contributed by atoms with van der Waals surface area (Å²) in [7, 11) is 0. The largest absolute Gasteiger partial charge is 0.372 e. The Morgan fingerprint density at radius 2 is 1.58 bits per heavy atom. The Morgan fingerprint density at radius 1 is 1.00 bits per heavy atom. The van der Waals surface area contributed by atoms with E-state index in [-0.39, 0.29) is 0 Å². The lowest BCUT2D eigenvalue weighted by molar-refractivity contribution is 0.441. The molecule has 1 aromatic rings. The van der Waals surface area contributed by atoms with Crippen LogP contribution in [0.5, 0.6) is 0 Å². The van der Waals surface area contributed by atoms with Crippen LogP contribution in [0.1, 0.15) is 46.6 Å². The molecule has 1 rings (SSSR count). The fourth-order valence-corrected chi connectivity index (χ4v) is 2.50. The number of rotatable bonds is 8. The highest BCUT2D eigenvalue weighted by Gasteiger charge is 2.05. The number of benzene rings is 1. The van der Waals surface area contributed by atoms with Crippen LogP contribution in [0.4, 0.5) is 5.69 Å². The van der Waals surface area contributed by atoms with E-state index >= 15 is 0 Å². The molecule has 0 fully saturated rings. The summed E-state index contributed by atoms with van der Waals surface area (Å²) in [6.45, 7) is 14.3. The molecule has 0 spiro atoms. The number of nitrogens with one attached hydrogen (secondary N) is 1. The number of hydrogen-bond acceptors (Lipinski definition) is 2. The first-order valence-corrected chi connectivity index (χ1v) is 7.64. The van der Waals surface area contributed by atoms with Crippen molar-refractivity contribution in [3.63, 3.8) is 0 Å². The van der Waals surface area contributed by atoms with Gasteiger partial charge in [0.25, 0.3) is 0 Å². The summed E-state index contributed by atoms with van der Waals surface area (Å²) < 4.78 is 0. The molecule has 0 aromatic heterocycles. The number of anilines is 1. The lowest BCUT2D eigenvalue weighted by Crippen LogP contribution is -2.27. The van der Waals surface area contributed by atoms with E-state index in [4.69, 9.17) is 0 Å². The molecule has 0 aliphatic rings. The minimum absolute atomic E-state index is 0.586. The zero-order valence-corrected chi connectivity index (χ0v) is 13.2. The van der Waals surface area contributed by atoms with Gasteiger partial charge >= 0.3 is 0 Å². The van der Waals surface area contributed by atoms with Crippen molar-refractivity contribution in [3.05, 3.63) is 29.8 Å². The van der Waals surface area contributed by atoms with Crippen molar-refractivity contribution in [1.82, 2.24) is 5.32 Å². The molecule has 1 atom stereocenters. The molecule has 0 bridgehead atoms. The minimum atomic E-state index is 0.586. The Balaban J connectivity index is 2.48. The van der Waals surface area contributed by atoms with Crippen LogP contribution < -0.4 is 10.2 Å². The first-order valence-electron chi connectivity index (χ1n) is 7.64. The Labute approximate surface area is 119 Å². The molecule has 19 heavy (non-hydrogen) atoms. The molecule has 108 valence electrons. The van der Waals surface area contributed by atoms with E-state index in [0.717, 1.165) is 25.6 Å². The zero-order valence-electron chi connectivity index (χ0n) is 13.2. The third kappa shape index (κ3) is 5.65. The van der Waals surface area contributed by atoms with Gasteiger partial charge in [0, 0.05) is 31.4 Å². The monoisotopic (exact) mass is 262 g/mol. The van der Waals surface area contributed by atoms with Crippen LogP contribution in [-0.4, -0.2) is 19.1 Å². The van der Waals surface area contributed by atoms with Gasteiger partial charge < -0.3 is 10.2 Å². The number of nitrogens with zero attached hydrogens (tertiary/aromatic N) is 1. The molecule has 0 radical (unpaired) electrons. The van der Waals surface area contributed by atoms with Crippen molar-refractivity contribution >= 4 is 5.69 Å². The maximum atomic E-state index is 3.59. The third-order valence-corrected chi connectivity index (χ3v) is 3.54. The summed E-state index contributed by atoms with van der Waals surface area (Å²) in [6, 6.07) is 9.53. The van der Waals surface area contributed by atoms with Crippen LogP contribution in [-0.2, 0) is 6.54 Å². The quantitative estimate of drug-likeness (QED) is 0.760. The van der Waals surface area contributed by atoms with Gasteiger partial charge in [-0.2, -0.15) is 0 Å². The van der Waals surface area contributed by atoms with Gasteiger partial charge in [0.05, 0.1) is 0 Å². The van der Waals surface area contributed by atoms with Gasteiger partial charge in [-0.05, 0) is 50.8 Å². The summed E-state index contributed by atoms with van der Waals surface area (Å²) >= 11 is 0. The molecule has 0 saturated carbocycles. The Morgan fingerprint density at radius 3 is 2.05 bits per heavy atom. The predicted molar refractivity (Wildman–Crippen MR) is 85.8 cm³/mol. The molecule has 0 aliphatic carbocycles. The smallest absolute Gasteiger partial charge is 0.0366 e. The normalized spacial score (nSPS) is 12.7. The highest BCUT2D eigenvalue weighted by atomic mass is 15.1. The van der Waals surface area contributed by atoms with Gasteiger partial charge in [-0.25, -0.2) is 0 Å². The first-order chi connectivity index (χ1) is 9.06. The second-order valence-corrected chi connectivity index (χ2v) is 5.75. The second-order valence-electron chi connectivity index (χ2n) is 5.75. The second kappa shape index (κ2) is 8.21. The average Bonchev–Trinajstić information content (AvgIpc) is 2.38. The lowest BCUT2D eigenvalue weighted by Gasteiger charge is -2.21. The zero-order chi connectivity index (χ0) is 14.3. The van der Waals surface area contributed by atoms with E-state index in [9.17, 15) is 0 Å². The van der Waals surface area contributed by atoms with Crippen LogP contribution in [0.25, 0.3) is 0 Å². The highest BCUT2D eigenvalue weighted by Crippen LogP contribution is 2.15. The SMILES string of the molecule is CCN(CC)c1ccc(CNC(C)CC(C)C)cc1. The summed E-state index contributed by atoms with van der Waals surface area (Å²) in [5.74, 6) is 0.757. The molecule has 0 aliphatic heterocycles. The number of hydrogen-bond donors (Lipinski definition) is 1. The molecular formula is C17H30N2. The van der Waals surface area contributed by atoms with E-state index in [1.807, 2.05) is 0 Å². The summed E-state index contributed by atoms with van der Waals surface area (Å²) in [5.41, 5.74) is 2.69. The maximum absolute atomic E-state index is 3.59. The van der Waals surface area contributed by atoms with Crippen molar-refractivity contribution in [2.45, 2.75) is 53.6 Å². The van der Waals surface area contributed by atoms with E-state index in [1.165, 1.54) is 17.7 Å². The van der Waals surface area contributed by atoms with Crippen LogP contribution in [0.2, 0.25) is 0 Å². The van der Waals surface area contributed by atoms with E-state index in [2.05, 4.69) is 69.1 Å². The Hall–Kier alpha value is -1.02. The summed E-state index contributed by atoms with van der Waals surface area (Å²) in [4.78, 5) is 2.37. The maximum Gasteiger partial charge on any atom is 0.0366 e. The van der Waals surface area contributed by atoms with Crippen LogP contribution in [0.15, 0.2) is 24.3 Å². The lowest BCUT2D eigenvalue weighted by atomic mass is 10.0. The summed E-state index contributed by atoms with van der Waals surface area (Å²) in [6.07, 6.45) is 1.23. The van der Waals surface area contributed by atoms with Gasteiger partial charge in [0.1, 0.15) is 0 Å². The van der Waals surface area contributed by atoms with Crippen molar-refractivity contribution < 1.29 is 0 Å². The fourth-order valence-electron chi connectivity index (χ4n) is 2.50.